The molecule has 0 aliphatic carbocycles. The van der Waals surface area contributed by atoms with Gasteiger partial charge in [0.1, 0.15) is 0 Å². The second kappa shape index (κ2) is 6.98. The highest BCUT2D eigenvalue weighted by Crippen LogP contribution is 2.24. The molecule has 0 aliphatic rings. The third kappa shape index (κ3) is 4.01. The van der Waals surface area contributed by atoms with Gasteiger partial charge in [0.15, 0.2) is 0 Å². The van der Waals surface area contributed by atoms with Crippen molar-refractivity contribution in [3.05, 3.63) is 48.4 Å². The maximum absolute atomic E-state index is 4.45. The first-order chi connectivity index (χ1) is 8.69. The Morgan fingerprint density at radius 1 is 1.50 bits per heavy atom. The van der Waals surface area contributed by atoms with E-state index in [4.69, 9.17) is 0 Å². The maximum atomic E-state index is 4.45. The van der Waals surface area contributed by atoms with Crippen LogP contribution in [0, 0.1) is 2.88 Å². The zero-order chi connectivity index (χ0) is 13.0. The predicted molar refractivity (Wildman–Crippen MR) is 89.1 cm³/mol. The van der Waals surface area contributed by atoms with E-state index in [1.165, 1.54) is 8.45 Å². The monoisotopic (exact) mass is 436 g/mol. The summed E-state index contributed by atoms with van der Waals surface area (Å²) >= 11 is 7.57. The molecule has 0 spiro atoms. The molecule has 0 bridgehead atoms. The highest BCUT2D eigenvalue weighted by atomic mass is 127. The van der Waals surface area contributed by atoms with Gasteiger partial charge in [0, 0.05) is 28.8 Å². The van der Waals surface area contributed by atoms with Crippen molar-refractivity contribution in [1.29, 1.82) is 0 Å². The Hall–Kier alpha value is 0.0200. The Balaban J connectivity index is 2.13. The van der Waals surface area contributed by atoms with Gasteiger partial charge in [-0.2, -0.15) is 0 Å². The summed E-state index contributed by atoms with van der Waals surface area (Å²) in [6, 6.07) is 6.72. The third-order valence-electron chi connectivity index (χ3n) is 2.64. The Kier molecular flexibility index (Phi) is 5.59. The molecule has 0 amide bonds. The smallest absolute Gasteiger partial charge is 0.0656 e. The second-order valence-electron chi connectivity index (χ2n) is 3.97. The van der Waals surface area contributed by atoms with Crippen LogP contribution < -0.4 is 5.32 Å². The molecule has 1 unspecified atom stereocenters. The van der Waals surface area contributed by atoms with E-state index in [1.54, 1.807) is 11.3 Å². The minimum absolute atomic E-state index is 0.350. The van der Waals surface area contributed by atoms with Gasteiger partial charge in [-0.1, -0.05) is 6.92 Å². The summed E-state index contributed by atoms with van der Waals surface area (Å²) in [6.07, 6.45) is 2.78. The molecule has 96 valence electrons. The van der Waals surface area contributed by atoms with Crippen molar-refractivity contribution in [2.75, 3.05) is 6.54 Å². The summed E-state index contributed by atoms with van der Waals surface area (Å²) in [5, 5.41) is 5.76. The molecule has 2 aromatic rings. The standard InChI is InChI=1S/C13H14BrIN2S/c1-2-16-12(9-5-13(15)18-8-9)6-11-4-3-10(14)7-17-11/h3-5,7-8,12,16H,2,6H2,1H3. The average Bonchev–Trinajstić information content (AvgIpc) is 2.78. The van der Waals surface area contributed by atoms with Crippen LogP contribution in [0.5, 0.6) is 0 Å². The van der Waals surface area contributed by atoms with E-state index in [2.05, 4.69) is 73.3 Å². The molecule has 0 aromatic carbocycles. The number of hydrogen-bond donors (Lipinski definition) is 1. The lowest BCUT2D eigenvalue weighted by molar-refractivity contribution is 0.545. The largest absolute Gasteiger partial charge is 0.310 e. The Bertz CT molecular complexity index is 498. The van der Waals surface area contributed by atoms with Crippen LogP contribution in [-0.4, -0.2) is 11.5 Å². The lowest BCUT2D eigenvalue weighted by Crippen LogP contribution is -2.22. The number of thiophene rings is 1. The maximum Gasteiger partial charge on any atom is 0.0656 e. The van der Waals surface area contributed by atoms with Crippen LogP contribution in [0.4, 0.5) is 0 Å². The van der Waals surface area contributed by atoms with Crippen LogP contribution in [0.2, 0.25) is 0 Å². The van der Waals surface area contributed by atoms with E-state index in [0.717, 1.165) is 23.1 Å². The highest BCUT2D eigenvalue weighted by molar-refractivity contribution is 14.1. The molecule has 0 aliphatic heterocycles. The van der Waals surface area contributed by atoms with Crippen LogP contribution in [0.3, 0.4) is 0 Å². The topological polar surface area (TPSA) is 24.9 Å². The summed E-state index contributed by atoms with van der Waals surface area (Å²) < 4.78 is 2.35. The van der Waals surface area contributed by atoms with Crippen molar-refractivity contribution in [1.82, 2.24) is 10.3 Å². The lowest BCUT2D eigenvalue weighted by Gasteiger charge is -2.16. The quantitative estimate of drug-likeness (QED) is 0.702. The molecular formula is C13H14BrIN2S. The third-order valence-corrected chi connectivity index (χ3v) is 4.92. The highest BCUT2D eigenvalue weighted by Gasteiger charge is 2.13. The van der Waals surface area contributed by atoms with E-state index in [0.29, 0.717) is 6.04 Å². The number of halogens is 2. The molecule has 0 saturated carbocycles. The van der Waals surface area contributed by atoms with E-state index >= 15 is 0 Å². The first kappa shape index (κ1) is 14.4. The molecule has 0 saturated heterocycles. The zero-order valence-corrected chi connectivity index (χ0v) is 14.5. The molecule has 18 heavy (non-hydrogen) atoms. The van der Waals surface area contributed by atoms with Gasteiger partial charge in [0.2, 0.25) is 0 Å². The van der Waals surface area contributed by atoms with Crippen LogP contribution in [0.25, 0.3) is 0 Å². The van der Waals surface area contributed by atoms with Crippen molar-refractivity contribution in [2.24, 2.45) is 0 Å². The number of nitrogens with one attached hydrogen (secondary N) is 1. The van der Waals surface area contributed by atoms with Gasteiger partial charge in [0.05, 0.1) is 2.88 Å². The fourth-order valence-electron chi connectivity index (χ4n) is 1.80. The summed E-state index contributed by atoms with van der Waals surface area (Å²) in [7, 11) is 0. The van der Waals surface area contributed by atoms with Crippen LogP contribution in [-0.2, 0) is 6.42 Å². The van der Waals surface area contributed by atoms with Gasteiger partial charge in [-0.05, 0) is 74.2 Å². The molecule has 2 rings (SSSR count). The number of pyridine rings is 1. The van der Waals surface area contributed by atoms with Crippen molar-refractivity contribution in [3.8, 4) is 0 Å². The lowest BCUT2D eigenvalue weighted by atomic mass is 10.0. The number of hydrogen-bond acceptors (Lipinski definition) is 3. The van der Waals surface area contributed by atoms with Crippen LogP contribution in [0.1, 0.15) is 24.2 Å². The normalized spacial score (nSPS) is 12.6. The molecule has 1 N–H and O–H groups in total. The van der Waals surface area contributed by atoms with Gasteiger partial charge >= 0.3 is 0 Å². The number of rotatable bonds is 5. The van der Waals surface area contributed by atoms with Gasteiger partial charge < -0.3 is 5.32 Å². The van der Waals surface area contributed by atoms with E-state index < -0.39 is 0 Å². The summed E-state index contributed by atoms with van der Waals surface area (Å²) in [5.41, 5.74) is 2.47. The first-order valence-corrected chi connectivity index (χ1v) is 8.52. The molecule has 1 atom stereocenters. The van der Waals surface area contributed by atoms with E-state index in [-0.39, 0.29) is 0 Å². The van der Waals surface area contributed by atoms with Crippen molar-refractivity contribution in [2.45, 2.75) is 19.4 Å². The van der Waals surface area contributed by atoms with Crippen LogP contribution >= 0.6 is 49.9 Å². The zero-order valence-electron chi connectivity index (χ0n) is 9.99. The fourth-order valence-corrected chi connectivity index (χ4v) is 3.46. The van der Waals surface area contributed by atoms with Gasteiger partial charge in [-0.3, -0.25) is 4.98 Å². The van der Waals surface area contributed by atoms with Crippen molar-refractivity contribution >= 4 is 49.9 Å². The first-order valence-electron chi connectivity index (χ1n) is 5.76. The average molecular weight is 437 g/mol. The predicted octanol–water partition coefficient (Wildman–Crippen LogP) is 4.40. The SMILES string of the molecule is CCNC(Cc1ccc(Br)cn1)c1csc(I)c1. The van der Waals surface area contributed by atoms with E-state index in [1.807, 2.05) is 12.3 Å². The minimum Gasteiger partial charge on any atom is -0.310 e. The summed E-state index contributed by atoms with van der Waals surface area (Å²) in [4.78, 5) is 4.45. The Labute approximate surface area is 133 Å². The number of aromatic nitrogens is 1. The van der Waals surface area contributed by atoms with Gasteiger partial charge in [-0.15, -0.1) is 11.3 Å². The molecule has 2 nitrogen and oxygen atoms in total. The molecular weight excluding hydrogens is 423 g/mol. The minimum atomic E-state index is 0.350. The number of nitrogens with zero attached hydrogens (tertiary/aromatic N) is 1. The van der Waals surface area contributed by atoms with Gasteiger partial charge in [-0.25, -0.2) is 0 Å². The summed E-state index contributed by atoms with van der Waals surface area (Å²) in [6.45, 7) is 3.10. The van der Waals surface area contributed by atoms with Crippen molar-refractivity contribution < 1.29 is 0 Å². The molecule has 2 aromatic heterocycles. The van der Waals surface area contributed by atoms with Crippen LogP contribution in [0.15, 0.2) is 34.2 Å². The molecule has 0 fully saturated rings. The summed E-state index contributed by atoms with van der Waals surface area (Å²) in [5.74, 6) is 0. The van der Waals surface area contributed by atoms with Gasteiger partial charge in [0.25, 0.3) is 0 Å². The second-order valence-corrected chi connectivity index (χ2v) is 7.69. The van der Waals surface area contributed by atoms with E-state index in [9.17, 15) is 0 Å². The Morgan fingerprint density at radius 2 is 2.33 bits per heavy atom. The molecule has 2 heterocycles. The molecule has 0 radical (unpaired) electrons. The Morgan fingerprint density at radius 3 is 2.89 bits per heavy atom. The number of likely N-dealkylation sites (N-methyl/N-ethyl adjacent to an activating group) is 1. The molecule has 5 heteroatoms. The van der Waals surface area contributed by atoms with Crippen molar-refractivity contribution in [3.63, 3.8) is 0 Å². The fraction of sp³-hybridized carbons (Fsp3) is 0.308.